The maximum Gasteiger partial charge on any atom is 0.300 e. The van der Waals surface area contributed by atoms with Crippen LogP contribution in [0.3, 0.4) is 0 Å². The zero-order valence-corrected chi connectivity index (χ0v) is 18.0. The van der Waals surface area contributed by atoms with Gasteiger partial charge in [-0.2, -0.15) is 0 Å². The number of carboxylic acids is 1. The molecule has 2 saturated heterocycles. The first-order valence-electron chi connectivity index (χ1n) is 10.4. The Morgan fingerprint density at radius 3 is 2.37 bits per heavy atom. The van der Waals surface area contributed by atoms with E-state index < -0.39 is 5.97 Å². The molecule has 0 aromatic heterocycles. The fraction of sp³-hybridized carbons (Fsp3) is 0.591. The minimum atomic E-state index is -0.833. The number of carboxylic acid groups (broad SMARTS) is 1. The topological polar surface area (TPSA) is 81.2 Å². The van der Waals surface area contributed by atoms with E-state index in [-0.39, 0.29) is 23.7 Å². The number of carbonyl (C=O) groups excluding carboxylic acids is 2. The summed E-state index contributed by atoms with van der Waals surface area (Å²) in [5, 5.41) is 7.42. The summed E-state index contributed by atoms with van der Waals surface area (Å²) in [5.74, 6) is -0.289. The van der Waals surface area contributed by atoms with Gasteiger partial charge in [-0.25, -0.2) is 4.39 Å². The van der Waals surface area contributed by atoms with Gasteiger partial charge in [0.05, 0.1) is 6.54 Å². The Labute approximate surface area is 177 Å². The lowest BCUT2D eigenvalue weighted by Gasteiger charge is -2.40. The van der Waals surface area contributed by atoms with Gasteiger partial charge in [-0.3, -0.25) is 19.3 Å². The van der Waals surface area contributed by atoms with Crippen molar-refractivity contribution < 1.29 is 23.9 Å². The van der Waals surface area contributed by atoms with Gasteiger partial charge in [0.1, 0.15) is 5.82 Å². The Balaban J connectivity index is 0.000000735. The van der Waals surface area contributed by atoms with Crippen LogP contribution in [0.5, 0.6) is 0 Å². The van der Waals surface area contributed by atoms with Crippen LogP contribution < -0.4 is 0 Å². The fourth-order valence-electron chi connectivity index (χ4n) is 3.85. The highest BCUT2D eigenvalue weighted by molar-refractivity contribution is 5.79. The highest BCUT2D eigenvalue weighted by Crippen LogP contribution is 2.21. The third-order valence-electron chi connectivity index (χ3n) is 5.37. The van der Waals surface area contributed by atoms with Gasteiger partial charge in [0.2, 0.25) is 11.8 Å². The van der Waals surface area contributed by atoms with E-state index in [1.807, 2.05) is 9.80 Å². The van der Waals surface area contributed by atoms with E-state index in [0.29, 0.717) is 32.0 Å². The number of amides is 2. The summed E-state index contributed by atoms with van der Waals surface area (Å²) in [4.78, 5) is 39.5. The predicted octanol–water partition coefficient (Wildman–Crippen LogP) is 2.21. The lowest BCUT2D eigenvalue weighted by molar-refractivity contribution is -0.140. The molecule has 0 spiro atoms. The molecule has 2 heterocycles. The second-order valence-electron chi connectivity index (χ2n) is 8.24. The van der Waals surface area contributed by atoms with E-state index in [9.17, 15) is 14.0 Å². The molecule has 7 nitrogen and oxygen atoms in total. The van der Waals surface area contributed by atoms with Crippen LogP contribution in [0.4, 0.5) is 4.39 Å². The lowest BCUT2D eigenvalue weighted by Crippen LogP contribution is -2.53. The molecule has 1 N–H and O–H groups in total. The molecule has 2 aliphatic heterocycles. The van der Waals surface area contributed by atoms with Crippen molar-refractivity contribution in [1.29, 1.82) is 0 Å². The van der Waals surface area contributed by atoms with Crippen LogP contribution in [-0.2, 0) is 20.9 Å². The normalized spacial score (nSPS) is 20.2. The number of benzene rings is 1. The molecule has 166 valence electrons. The average molecular weight is 422 g/mol. The Bertz CT molecular complexity index is 734. The number of hydrogen-bond acceptors (Lipinski definition) is 4. The summed E-state index contributed by atoms with van der Waals surface area (Å²) >= 11 is 0. The number of rotatable bonds is 5. The van der Waals surface area contributed by atoms with Crippen LogP contribution in [0, 0.1) is 11.7 Å². The third kappa shape index (κ3) is 7.40. The number of carbonyl (C=O) groups is 3. The largest absolute Gasteiger partial charge is 0.481 e. The molecule has 0 bridgehead atoms. The molecule has 1 aromatic carbocycles. The van der Waals surface area contributed by atoms with Crippen LogP contribution in [0.25, 0.3) is 0 Å². The molecule has 1 unspecified atom stereocenters. The summed E-state index contributed by atoms with van der Waals surface area (Å²) in [5.41, 5.74) is 0.951. The van der Waals surface area contributed by atoms with Crippen LogP contribution in [0.15, 0.2) is 24.3 Å². The van der Waals surface area contributed by atoms with Crippen molar-refractivity contribution in [3.8, 4) is 0 Å². The number of piperidine rings is 1. The first-order valence-corrected chi connectivity index (χ1v) is 10.4. The first-order chi connectivity index (χ1) is 14.2. The van der Waals surface area contributed by atoms with Gasteiger partial charge in [0.25, 0.3) is 5.97 Å². The van der Waals surface area contributed by atoms with Gasteiger partial charge in [-0.05, 0) is 43.9 Å². The summed E-state index contributed by atoms with van der Waals surface area (Å²) in [7, 11) is 0. The van der Waals surface area contributed by atoms with E-state index >= 15 is 0 Å². The quantitative estimate of drug-likeness (QED) is 0.788. The number of nitrogens with zero attached hydrogens (tertiary/aromatic N) is 3. The monoisotopic (exact) mass is 421 g/mol. The van der Waals surface area contributed by atoms with Crippen LogP contribution in [0.2, 0.25) is 0 Å². The molecule has 2 amide bonds. The van der Waals surface area contributed by atoms with Gasteiger partial charge < -0.3 is 14.9 Å². The van der Waals surface area contributed by atoms with Crippen molar-refractivity contribution in [1.82, 2.24) is 14.7 Å². The van der Waals surface area contributed by atoms with Gasteiger partial charge in [0.15, 0.2) is 0 Å². The maximum atomic E-state index is 13.0. The molecule has 2 aliphatic rings. The smallest absolute Gasteiger partial charge is 0.300 e. The second-order valence-corrected chi connectivity index (χ2v) is 8.24. The predicted molar refractivity (Wildman–Crippen MR) is 111 cm³/mol. The van der Waals surface area contributed by atoms with Gasteiger partial charge in [0, 0.05) is 52.1 Å². The molecule has 8 heteroatoms. The first kappa shape index (κ1) is 23.8. The molecule has 1 aromatic rings. The van der Waals surface area contributed by atoms with Gasteiger partial charge in [-0.15, -0.1) is 0 Å². The van der Waals surface area contributed by atoms with Crippen LogP contribution in [0.1, 0.15) is 39.2 Å². The molecule has 30 heavy (non-hydrogen) atoms. The molecule has 3 rings (SSSR count). The maximum absolute atomic E-state index is 13.0. The highest BCUT2D eigenvalue weighted by Gasteiger charge is 2.31. The van der Waals surface area contributed by atoms with E-state index in [1.165, 1.54) is 12.1 Å². The second kappa shape index (κ2) is 11.1. The minimum Gasteiger partial charge on any atom is -0.481 e. The molecular formula is C22H32FN3O4. The van der Waals surface area contributed by atoms with E-state index in [4.69, 9.17) is 9.90 Å². The average Bonchev–Trinajstić information content (AvgIpc) is 2.66. The van der Waals surface area contributed by atoms with Crippen molar-refractivity contribution >= 4 is 17.8 Å². The molecule has 0 radical (unpaired) electrons. The fourth-order valence-corrected chi connectivity index (χ4v) is 3.85. The van der Waals surface area contributed by atoms with E-state index in [0.717, 1.165) is 38.5 Å². The lowest BCUT2D eigenvalue weighted by atomic mass is 9.95. The number of piperazine rings is 1. The summed E-state index contributed by atoms with van der Waals surface area (Å²) in [6.07, 6.45) is 1.52. The molecule has 1 atom stereocenters. The van der Waals surface area contributed by atoms with E-state index in [2.05, 4.69) is 18.7 Å². The summed E-state index contributed by atoms with van der Waals surface area (Å²) in [6, 6.07) is 6.56. The molecule has 0 aliphatic carbocycles. The number of halogens is 1. The van der Waals surface area contributed by atoms with E-state index in [1.54, 1.807) is 12.1 Å². The third-order valence-corrected chi connectivity index (χ3v) is 5.37. The zero-order valence-electron chi connectivity index (χ0n) is 18.0. The number of likely N-dealkylation sites (tertiary alicyclic amines) is 1. The molecular weight excluding hydrogens is 389 g/mol. The Kier molecular flexibility index (Phi) is 8.77. The van der Waals surface area contributed by atoms with Gasteiger partial charge in [-0.1, -0.05) is 12.1 Å². The van der Waals surface area contributed by atoms with Crippen molar-refractivity contribution in [2.45, 2.75) is 46.2 Å². The molecule has 0 saturated carbocycles. The number of hydrogen-bond donors (Lipinski definition) is 1. The standard InChI is InChI=1S/C20H28FN3O2.C2H4O2/c1-15(2)24-13-17(5-8-19(24)25)11-22-9-10-23(20(26)14-22)12-16-3-6-18(21)7-4-16;1-2(3)4/h3-4,6-7,15,17H,5,8-14H2,1-2H3;1H3,(H,3,4). The minimum absolute atomic E-state index is 0.119. The summed E-state index contributed by atoms with van der Waals surface area (Å²) in [6.45, 7) is 9.34. The zero-order chi connectivity index (χ0) is 22.3. The van der Waals surface area contributed by atoms with Gasteiger partial charge >= 0.3 is 0 Å². The van der Waals surface area contributed by atoms with Crippen molar-refractivity contribution in [3.63, 3.8) is 0 Å². The van der Waals surface area contributed by atoms with Crippen LogP contribution in [-0.4, -0.2) is 76.4 Å². The molecule has 2 fully saturated rings. The highest BCUT2D eigenvalue weighted by atomic mass is 19.1. The Morgan fingerprint density at radius 1 is 1.17 bits per heavy atom. The number of aliphatic carboxylic acids is 1. The Morgan fingerprint density at radius 2 is 1.80 bits per heavy atom. The van der Waals surface area contributed by atoms with Crippen molar-refractivity contribution in [2.75, 3.05) is 32.7 Å². The van der Waals surface area contributed by atoms with Crippen molar-refractivity contribution in [3.05, 3.63) is 35.6 Å². The van der Waals surface area contributed by atoms with Crippen LogP contribution >= 0.6 is 0 Å². The van der Waals surface area contributed by atoms with Crippen molar-refractivity contribution in [2.24, 2.45) is 5.92 Å². The Hall–Kier alpha value is -2.48. The summed E-state index contributed by atoms with van der Waals surface area (Å²) < 4.78 is 13.0. The SMILES string of the molecule is CC(=O)O.CC(C)N1CC(CN2CCN(Cc3ccc(F)cc3)C(=O)C2)CCC1=O.